The number of carboxylic acids is 1. The van der Waals surface area contributed by atoms with Crippen molar-refractivity contribution in [3.63, 3.8) is 0 Å². The average Bonchev–Trinajstić information content (AvgIpc) is 2.70. The van der Waals surface area contributed by atoms with E-state index in [4.69, 9.17) is 9.84 Å². The molecule has 0 saturated carbocycles. The van der Waals surface area contributed by atoms with Gasteiger partial charge in [0.05, 0.1) is 25.4 Å². The highest BCUT2D eigenvalue weighted by Crippen LogP contribution is 2.18. The summed E-state index contributed by atoms with van der Waals surface area (Å²) in [6, 6.07) is -0.766. The molecule has 0 aromatic rings. The number of rotatable bonds is 3. The van der Waals surface area contributed by atoms with Gasteiger partial charge in [-0.15, -0.1) is 0 Å². The van der Waals surface area contributed by atoms with E-state index in [-0.39, 0.29) is 31.5 Å². The third-order valence-corrected chi connectivity index (χ3v) is 3.60. The topological polar surface area (TPSA) is 90.3 Å². The van der Waals surface area contributed by atoms with Gasteiger partial charge in [0.2, 0.25) is 5.91 Å². The molecule has 0 aromatic heterocycles. The highest BCUT2D eigenvalue weighted by atomic mass is 16.5. The monoisotopic (exact) mass is 272 g/mol. The third-order valence-electron chi connectivity index (χ3n) is 3.60. The molecule has 2 saturated heterocycles. The zero-order chi connectivity index (χ0) is 14.0. The Kier molecular flexibility index (Phi) is 4.38. The summed E-state index contributed by atoms with van der Waals surface area (Å²) in [5, 5.41) is 18.6. The largest absolute Gasteiger partial charge is 0.480 e. The van der Waals surface area contributed by atoms with Gasteiger partial charge in [-0.3, -0.25) is 14.5 Å². The highest BCUT2D eigenvalue weighted by Gasteiger charge is 2.37. The Morgan fingerprint density at radius 2 is 2.11 bits per heavy atom. The molecule has 2 heterocycles. The van der Waals surface area contributed by atoms with Gasteiger partial charge in [-0.2, -0.15) is 0 Å². The number of ether oxygens (including phenoxy) is 1. The van der Waals surface area contributed by atoms with E-state index >= 15 is 0 Å². The van der Waals surface area contributed by atoms with Crippen molar-refractivity contribution in [1.82, 2.24) is 9.80 Å². The van der Waals surface area contributed by atoms with E-state index in [1.165, 1.54) is 4.90 Å². The molecule has 2 aliphatic rings. The van der Waals surface area contributed by atoms with Crippen molar-refractivity contribution in [2.75, 3.05) is 32.8 Å². The summed E-state index contributed by atoms with van der Waals surface area (Å²) in [7, 11) is 0. The van der Waals surface area contributed by atoms with Crippen molar-refractivity contribution in [3.05, 3.63) is 0 Å². The Labute approximate surface area is 111 Å². The number of carboxylic acid groups (broad SMARTS) is 1. The van der Waals surface area contributed by atoms with Crippen molar-refractivity contribution in [2.45, 2.75) is 31.6 Å². The number of amides is 1. The van der Waals surface area contributed by atoms with E-state index in [2.05, 4.69) is 0 Å². The predicted molar refractivity (Wildman–Crippen MR) is 65.6 cm³/mol. The van der Waals surface area contributed by atoms with Crippen molar-refractivity contribution in [1.29, 1.82) is 0 Å². The van der Waals surface area contributed by atoms with Crippen molar-refractivity contribution in [3.8, 4) is 0 Å². The highest BCUT2D eigenvalue weighted by molar-refractivity contribution is 5.80. The molecule has 0 radical (unpaired) electrons. The summed E-state index contributed by atoms with van der Waals surface area (Å²) in [5.74, 6) is -1.09. The minimum absolute atomic E-state index is 0.0112. The molecule has 0 aliphatic carbocycles. The number of β-amino-alcohol motifs (C(OH)–C–C–N with tert-alkyl or cyclic N) is 1. The van der Waals surface area contributed by atoms with Gasteiger partial charge in [-0.1, -0.05) is 0 Å². The van der Waals surface area contributed by atoms with Gasteiger partial charge in [0.25, 0.3) is 0 Å². The molecule has 2 N–H and O–H groups in total. The first-order chi connectivity index (χ1) is 8.97. The van der Waals surface area contributed by atoms with Crippen LogP contribution in [0.2, 0.25) is 0 Å². The van der Waals surface area contributed by atoms with Gasteiger partial charge >= 0.3 is 5.97 Å². The van der Waals surface area contributed by atoms with Gasteiger partial charge in [0.1, 0.15) is 6.04 Å². The second-order valence-electron chi connectivity index (χ2n) is 5.19. The average molecular weight is 272 g/mol. The van der Waals surface area contributed by atoms with Gasteiger partial charge in [0, 0.05) is 26.1 Å². The second-order valence-corrected chi connectivity index (χ2v) is 5.19. The summed E-state index contributed by atoms with van der Waals surface area (Å²) in [4.78, 5) is 26.4. The maximum atomic E-state index is 12.1. The molecule has 1 amide bonds. The summed E-state index contributed by atoms with van der Waals surface area (Å²) in [5.41, 5.74) is 0. The maximum absolute atomic E-state index is 12.1. The van der Waals surface area contributed by atoms with Gasteiger partial charge < -0.3 is 19.8 Å². The molecule has 2 fully saturated rings. The first-order valence-corrected chi connectivity index (χ1v) is 6.51. The number of nitrogens with zero attached hydrogens (tertiary/aromatic N) is 2. The summed E-state index contributed by atoms with van der Waals surface area (Å²) in [6.07, 6.45) is -0.475. The molecule has 19 heavy (non-hydrogen) atoms. The molecule has 108 valence electrons. The Hall–Kier alpha value is -1.18. The molecule has 2 aliphatic heterocycles. The second kappa shape index (κ2) is 5.85. The standard InChI is InChI=1S/C12H20N2O5/c1-8-5-13(2-3-19-8)11(16)7-14-6-9(15)4-10(14)12(17)18/h8-10,15H,2-7H2,1H3,(H,17,18). The van der Waals surface area contributed by atoms with Crippen molar-refractivity contribution in [2.24, 2.45) is 0 Å². The number of hydrogen-bond acceptors (Lipinski definition) is 5. The zero-order valence-electron chi connectivity index (χ0n) is 11.0. The van der Waals surface area contributed by atoms with Crippen LogP contribution in [-0.4, -0.2) is 82.9 Å². The third kappa shape index (κ3) is 3.43. The predicted octanol–water partition coefficient (Wildman–Crippen LogP) is -1.25. The number of carbonyl (C=O) groups excluding carboxylic acids is 1. The summed E-state index contributed by atoms with van der Waals surface area (Å²) < 4.78 is 5.36. The van der Waals surface area contributed by atoms with Crippen LogP contribution in [0.5, 0.6) is 0 Å². The Bertz CT molecular complexity index is 362. The molecule has 7 heteroatoms. The lowest BCUT2D eigenvalue weighted by Crippen LogP contribution is -2.50. The number of likely N-dealkylation sites (tertiary alicyclic amines) is 1. The molecule has 7 nitrogen and oxygen atoms in total. The van der Waals surface area contributed by atoms with Crippen molar-refractivity contribution >= 4 is 11.9 Å². The first-order valence-electron chi connectivity index (χ1n) is 6.51. The Morgan fingerprint density at radius 3 is 2.74 bits per heavy atom. The minimum atomic E-state index is -0.986. The number of aliphatic hydroxyl groups excluding tert-OH is 1. The molecule has 2 rings (SSSR count). The van der Waals surface area contributed by atoms with E-state index in [1.807, 2.05) is 6.92 Å². The van der Waals surface area contributed by atoms with E-state index in [0.29, 0.717) is 19.7 Å². The fourth-order valence-corrected chi connectivity index (χ4v) is 2.63. The summed E-state index contributed by atoms with van der Waals surface area (Å²) >= 11 is 0. The van der Waals surface area contributed by atoms with Gasteiger partial charge in [0.15, 0.2) is 0 Å². The number of hydrogen-bond donors (Lipinski definition) is 2. The molecule has 0 spiro atoms. The SMILES string of the molecule is CC1CN(C(=O)CN2CC(O)CC2C(=O)O)CCO1. The number of aliphatic hydroxyl groups is 1. The van der Waals surface area contributed by atoms with Crippen molar-refractivity contribution < 1.29 is 24.5 Å². The molecule has 0 bridgehead atoms. The fourth-order valence-electron chi connectivity index (χ4n) is 2.63. The van der Waals surface area contributed by atoms with E-state index in [0.717, 1.165) is 0 Å². The van der Waals surface area contributed by atoms with Crippen LogP contribution in [0.25, 0.3) is 0 Å². The lowest BCUT2D eigenvalue weighted by molar-refractivity contribution is -0.145. The molecular weight excluding hydrogens is 252 g/mol. The molecular formula is C12H20N2O5. The molecule has 0 aromatic carbocycles. The molecule has 3 atom stereocenters. The van der Waals surface area contributed by atoms with Crippen LogP contribution in [0.3, 0.4) is 0 Å². The van der Waals surface area contributed by atoms with Crippen LogP contribution in [0, 0.1) is 0 Å². The molecule has 3 unspecified atom stereocenters. The summed E-state index contributed by atoms with van der Waals surface area (Å²) in [6.45, 7) is 3.77. The Balaban J connectivity index is 1.92. The lowest BCUT2D eigenvalue weighted by Gasteiger charge is -2.32. The lowest BCUT2D eigenvalue weighted by atomic mass is 10.2. The first kappa shape index (κ1) is 14.2. The van der Waals surface area contributed by atoms with E-state index in [1.54, 1.807) is 4.90 Å². The fraction of sp³-hybridized carbons (Fsp3) is 0.833. The van der Waals surface area contributed by atoms with Crippen LogP contribution in [0.4, 0.5) is 0 Å². The minimum Gasteiger partial charge on any atom is -0.480 e. The quantitative estimate of drug-likeness (QED) is 0.667. The number of morpholine rings is 1. The zero-order valence-corrected chi connectivity index (χ0v) is 11.0. The van der Waals surface area contributed by atoms with Gasteiger partial charge in [-0.05, 0) is 6.92 Å². The number of carbonyl (C=O) groups is 2. The van der Waals surface area contributed by atoms with Crippen LogP contribution >= 0.6 is 0 Å². The van der Waals surface area contributed by atoms with Crippen LogP contribution in [-0.2, 0) is 14.3 Å². The normalized spacial score (nSPS) is 32.5. The van der Waals surface area contributed by atoms with E-state index < -0.39 is 18.1 Å². The van der Waals surface area contributed by atoms with Gasteiger partial charge in [-0.25, -0.2) is 0 Å². The number of aliphatic carboxylic acids is 1. The maximum Gasteiger partial charge on any atom is 0.321 e. The smallest absolute Gasteiger partial charge is 0.321 e. The van der Waals surface area contributed by atoms with Crippen LogP contribution < -0.4 is 0 Å². The van der Waals surface area contributed by atoms with Crippen LogP contribution in [0.15, 0.2) is 0 Å². The van der Waals surface area contributed by atoms with E-state index in [9.17, 15) is 14.7 Å². The van der Waals surface area contributed by atoms with Crippen LogP contribution in [0.1, 0.15) is 13.3 Å². The Morgan fingerprint density at radius 1 is 1.37 bits per heavy atom.